The highest BCUT2D eigenvalue weighted by Gasteiger charge is 2.51. The SMILES string of the molecule is CCCCCCCCCCCCCCCCCCC[C@@H](O)[C@H](COP(=O)(O)OC1C(O)C(O)C(O)[C@@H](O)C1O)NC(=O)CCCCCCCCCCCCCC. The lowest BCUT2D eigenvalue weighted by Crippen LogP contribution is -2.64. The standard InChI is InChI=1S/C43H86NO11P/c1-3-5-7-9-11-13-15-17-18-19-20-21-22-24-26-28-30-32-36(45)35(44-37(46)33-31-29-27-25-23-16-14-12-10-8-6-4-2)34-54-56(52,53)55-43-41(50)39(48)38(47)40(49)42(43)51/h35-36,38-43,45,47-51H,3-34H2,1-2H3,(H,44,46)(H,52,53)/t35-,36+,38?,39+,40?,41?,42?,43?/m0/s1. The zero-order chi connectivity index (χ0) is 41.4. The number of hydrogen-bond acceptors (Lipinski definition) is 10. The third-order valence-electron chi connectivity index (χ3n) is 11.4. The van der Waals surface area contributed by atoms with Crippen LogP contribution < -0.4 is 5.32 Å². The van der Waals surface area contributed by atoms with Gasteiger partial charge in [0.25, 0.3) is 0 Å². The molecule has 1 aliphatic rings. The summed E-state index contributed by atoms with van der Waals surface area (Å²) in [5.74, 6) is -0.306. The fraction of sp³-hybridized carbons (Fsp3) is 0.977. The smallest absolute Gasteiger partial charge is 0.391 e. The number of phosphoric acid groups is 1. The van der Waals surface area contributed by atoms with Gasteiger partial charge in [-0.2, -0.15) is 0 Å². The maximum absolute atomic E-state index is 12.9. The molecule has 12 nitrogen and oxygen atoms in total. The van der Waals surface area contributed by atoms with Crippen molar-refractivity contribution in [2.75, 3.05) is 6.61 Å². The lowest BCUT2D eigenvalue weighted by molar-refractivity contribution is -0.220. The van der Waals surface area contributed by atoms with Crippen LogP contribution in [0.5, 0.6) is 0 Å². The van der Waals surface area contributed by atoms with E-state index in [1.165, 1.54) is 135 Å². The Hall–Kier alpha value is -0.660. The zero-order valence-electron chi connectivity index (χ0n) is 35.5. The molecule has 0 radical (unpaired) electrons. The molecular formula is C43H86NO11P. The summed E-state index contributed by atoms with van der Waals surface area (Å²) in [5, 5.41) is 64.1. The monoisotopic (exact) mass is 824 g/mol. The van der Waals surface area contributed by atoms with E-state index in [-0.39, 0.29) is 12.3 Å². The molecule has 334 valence electrons. The van der Waals surface area contributed by atoms with Crippen molar-refractivity contribution in [3.63, 3.8) is 0 Å². The van der Waals surface area contributed by atoms with Crippen LogP contribution in [0.3, 0.4) is 0 Å². The van der Waals surface area contributed by atoms with Gasteiger partial charge in [-0.05, 0) is 12.8 Å². The second-order valence-corrected chi connectivity index (χ2v) is 18.0. The largest absolute Gasteiger partial charge is 0.472 e. The number of rotatable bonds is 38. The van der Waals surface area contributed by atoms with Crippen LogP contribution in [0.1, 0.15) is 213 Å². The third kappa shape index (κ3) is 25.7. The van der Waals surface area contributed by atoms with Crippen molar-refractivity contribution in [3.05, 3.63) is 0 Å². The molecule has 0 heterocycles. The van der Waals surface area contributed by atoms with E-state index in [4.69, 9.17) is 9.05 Å². The van der Waals surface area contributed by atoms with Crippen LogP contribution in [0.4, 0.5) is 0 Å². The van der Waals surface area contributed by atoms with E-state index in [2.05, 4.69) is 19.2 Å². The Morgan fingerprint density at radius 1 is 0.536 bits per heavy atom. The van der Waals surface area contributed by atoms with Crippen molar-refractivity contribution in [1.82, 2.24) is 5.32 Å². The molecule has 0 spiro atoms. The highest BCUT2D eigenvalue weighted by Crippen LogP contribution is 2.47. The molecule has 8 N–H and O–H groups in total. The van der Waals surface area contributed by atoms with E-state index >= 15 is 0 Å². The Morgan fingerprint density at radius 3 is 1.23 bits per heavy atom. The van der Waals surface area contributed by atoms with Crippen molar-refractivity contribution >= 4 is 13.7 Å². The molecule has 0 bridgehead atoms. The molecular weight excluding hydrogens is 737 g/mol. The normalized spacial score (nSPS) is 23.5. The number of carbonyl (C=O) groups is 1. The second kappa shape index (κ2) is 34.1. The minimum atomic E-state index is -5.05. The van der Waals surface area contributed by atoms with E-state index in [1.807, 2.05) is 0 Å². The van der Waals surface area contributed by atoms with Crippen LogP contribution >= 0.6 is 7.82 Å². The number of carbonyl (C=O) groups excluding carboxylic acids is 1. The molecule has 13 heteroatoms. The number of nitrogens with one attached hydrogen (secondary N) is 1. The Labute approximate surface area is 340 Å². The van der Waals surface area contributed by atoms with Crippen molar-refractivity contribution in [1.29, 1.82) is 0 Å². The number of phosphoric ester groups is 1. The third-order valence-corrected chi connectivity index (χ3v) is 12.4. The predicted octanol–water partition coefficient (Wildman–Crippen LogP) is 8.29. The first-order valence-corrected chi connectivity index (χ1v) is 24.5. The Balaban J connectivity index is 2.46. The number of aliphatic hydroxyl groups is 6. The fourth-order valence-electron chi connectivity index (χ4n) is 7.61. The first-order valence-electron chi connectivity index (χ1n) is 23.0. The topological polar surface area (TPSA) is 206 Å². The lowest BCUT2D eigenvalue weighted by Gasteiger charge is -2.41. The molecule has 0 aromatic carbocycles. The van der Waals surface area contributed by atoms with Crippen LogP contribution in [0.25, 0.3) is 0 Å². The van der Waals surface area contributed by atoms with Crippen LogP contribution in [-0.2, 0) is 18.4 Å². The summed E-state index contributed by atoms with van der Waals surface area (Å²) < 4.78 is 22.9. The van der Waals surface area contributed by atoms with Crippen molar-refractivity contribution < 1.29 is 53.9 Å². The molecule has 1 saturated carbocycles. The molecule has 56 heavy (non-hydrogen) atoms. The summed E-state index contributed by atoms with van der Waals surface area (Å²) in [5.41, 5.74) is 0. The van der Waals surface area contributed by atoms with Gasteiger partial charge in [-0.25, -0.2) is 4.57 Å². The number of unbranched alkanes of at least 4 members (excludes halogenated alkanes) is 27. The van der Waals surface area contributed by atoms with Crippen molar-refractivity contribution in [3.8, 4) is 0 Å². The average molecular weight is 824 g/mol. The fourth-order valence-corrected chi connectivity index (χ4v) is 8.58. The molecule has 0 aromatic rings. The molecule has 1 fully saturated rings. The first kappa shape index (κ1) is 53.4. The van der Waals surface area contributed by atoms with Gasteiger partial charge in [-0.1, -0.05) is 194 Å². The van der Waals surface area contributed by atoms with E-state index < -0.39 is 63.2 Å². The van der Waals surface area contributed by atoms with Crippen LogP contribution in [0.2, 0.25) is 0 Å². The van der Waals surface area contributed by atoms with Crippen LogP contribution in [0.15, 0.2) is 0 Å². The maximum Gasteiger partial charge on any atom is 0.472 e. The molecule has 1 amide bonds. The minimum Gasteiger partial charge on any atom is -0.391 e. The van der Waals surface area contributed by atoms with Gasteiger partial charge in [0.15, 0.2) is 0 Å². The summed E-state index contributed by atoms with van der Waals surface area (Å²) >= 11 is 0. The van der Waals surface area contributed by atoms with Gasteiger partial charge in [0.1, 0.15) is 36.6 Å². The van der Waals surface area contributed by atoms with Gasteiger partial charge < -0.3 is 40.8 Å². The molecule has 1 aliphatic carbocycles. The molecule has 0 aliphatic heterocycles. The number of amides is 1. The van der Waals surface area contributed by atoms with E-state index in [0.29, 0.717) is 19.3 Å². The van der Waals surface area contributed by atoms with E-state index in [9.17, 15) is 44.9 Å². The van der Waals surface area contributed by atoms with Gasteiger partial charge in [0, 0.05) is 6.42 Å². The quantitative estimate of drug-likeness (QED) is 0.0220. The number of hydrogen-bond donors (Lipinski definition) is 8. The molecule has 0 aromatic heterocycles. The van der Waals surface area contributed by atoms with Crippen molar-refractivity contribution in [2.45, 2.75) is 262 Å². The summed E-state index contributed by atoms with van der Waals surface area (Å²) in [4.78, 5) is 23.3. The van der Waals surface area contributed by atoms with Crippen molar-refractivity contribution in [2.24, 2.45) is 0 Å². The summed E-state index contributed by atoms with van der Waals surface area (Å²) in [6, 6.07) is -1.02. The highest BCUT2D eigenvalue weighted by molar-refractivity contribution is 7.47. The molecule has 1 rings (SSSR count). The highest BCUT2D eigenvalue weighted by atomic mass is 31.2. The van der Waals surface area contributed by atoms with E-state index in [1.54, 1.807) is 0 Å². The molecule has 6 unspecified atom stereocenters. The lowest BCUT2D eigenvalue weighted by atomic mass is 9.85. The summed E-state index contributed by atoms with van der Waals surface area (Å²) in [6.07, 6.45) is 22.8. The Kier molecular flexibility index (Phi) is 32.5. The van der Waals surface area contributed by atoms with Gasteiger partial charge in [-0.15, -0.1) is 0 Å². The zero-order valence-corrected chi connectivity index (χ0v) is 36.4. The molecule has 9 atom stereocenters. The Morgan fingerprint density at radius 2 is 0.857 bits per heavy atom. The maximum atomic E-state index is 12.9. The first-order chi connectivity index (χ1) is 26.9. The van der Waals surface area contributed by atoms with E-state index in [0.717, 1.165) is 38.5 Å². The minimum absolute atomic E-state index is 0.242. The van der Waals surface area contributed by atoms with Gasteiger partial charge in [-0.3, -0.25) is 13.8 Å². The Bertz CT molecular complexity index is 962. The van der Waals surface area contributed by atoms with Gasteiger partial charge >= 0.3 is 7.82 Å². The van der Waals surface area contributed by atoms with Crippen LogP contribution in [-0.4, -0.2) is 96.8 Å². The van der Waals surface area contributed by atoms with Gasteiger partial charge in [0.05, 0.1) is 18.8 Å². The number of aliphatic hydroxyl groups excluding tert-OH is 6. The van der Waals surface area contributed by atoms with Gasteiger partial charge in [0.2, 0.25) is 5.91 Å². The predicted molar refractivity (Wildman–Crippen MR) is 223 cm³/mol. The average Bonchev–Trinajstić information content (AvgIpc) is 3.18. The second-order valence-electron chi connectivity index (χ2n) is 16.6. The summed E-state index contributed by atoms with van der Waals surface area (Å²) in [6.45, 7) is 3.89. The molecule has 0 saturated heterocycles. The summed E-state index contributed by atoms with van der Waals surface area (Å²) in [7, 11) is -5.05. The van der Waals surface area contributed by atoms with Crippen LogP contribution in [0, 0.1) is 0 Å².